The van der Waals surface area contributed by atoms with Crippen molar-refractivity contribution in [2.75, 3.05) is 7.05 Å². The molecule has 116 valence electrons. The van der Waals surface area contributed by atoms with E-state index in [1.54, 1.807) is 55.6 Å². The third-order valence-electron chi connectivity index (χ3n) is 3.22. The first-order chi connectivity index (χ1) is 11.0. The molecule has 1 N–H and O–H groups in total. The van der Waals surface area contributed by atoms with E-state index in [-0.39, 0.29) is 11.7 Å². The second kappa shape index (κ2) is 6.48. The predicted molar refractivity (Wildman–Crippen MR) is 95.0 cm³/mol. The van der Waals surface area contributed by atoms with Crippen LogP contribution in [0.1, 0.15) is 5.56 Å². The topological polar surface area (TPSA) is 52.9 Å². The Morgan fingerprint density at radius 3 is 2.65 bits per heavy atom. The van der Waals surface area contributed by atoms with Crippen molar-refractivity contribution < 1.29 is 9.90 Å². The molecule has 23 heavy (non-hydrogen) atoms. The molecule has 6 heteroatoms. The molecule has 2 aromatic rings. The molecule has 1 aliphatic heterocycles. The molecule has 3 rings (SSSR count). The molecule has 0 saturated carbocycles. The molecule has 2 aromatic carbocycles. The Morgan fingerprint density at radius 1 is 1.22 bits per heavy atom. The number of benzene rings is 2. The second-order valence-corrected chi connectivity index (χ2v) is 6.39. The standard InChI is InChI=1S/C17H13ClN2O2S/c1-20-16(22)15(10-11-3-2-4-14(21)9-11)23-17(20)19-13-7-5-12(18)6-8-13/h2-10,21H,1H3/b15-10+,19-17?. The molecule has 1 saturated heterocycles. The normalized spacial score (nSPS) is 18.2. The van der Waals surface area contributed by atoms with Crippen LogP contribution in [0.3, 0.4) is 0 Å². The maximum atomic E-state index is 12.3. The van der Waals surface area contributed by atoms with E-state index in [1.807, 2.05) is 6.07 Å². The molecular formula is C17H13ClN2O2S. The van der Waals surface area contributed by atoms with E-state index in [9.17, 15) is 9.90 Å². The summed E-state index contributed by atoms with van der Waals surface area (Å²) >= 11 is 7.16. The number of amidine groups is 1. The summed E-state index contributed by atoms with van der Waals surface area (Å²) in [5, 5.41) is 10.7. The van der Waals surface area contributed by atoms with Gasteiger partial charge in [-0.25, -0.2) is 4.99 Å². The Hall–Kier alpha value is -2.24. The highest BCUT2D eigenvalue weighted by Gasteiger charge is 2.30. The Morgan fingerprint density at radius 2 is 1.96 bits per heavy atom. The maximum absolute atomic E-state index is 12.3. The zero-order valence-electron chi connectivity index (χ0n) is 12.2. The summed E-state index contributed by atoms with van der Waals surface area (Å²) in [5.41, 5.74) is 1.50. The lowest BCUT2D eigenvalue weighted by Gasteiger charge is -2.07. The molecule has 1 heterocycles. The monoisotopic (exact) mass is 344 g/mol. The fourth-order valence-corrected chi connectivity index (χ4v) is 3.16. The maximum Gasteiger partial charge on any atom is 0.266 e. The minimum absolute atomic E-state index is 0.119. The Bertz CT molecular complexity index is 816. The summed E-state index contributed by atoms with van der Waals surface area (Å²) in [7, 11) is 1.69. The molecule has 1 aliphatic rings. The van der Waals surface area contributed by atoms with Crippen LogP contribution in [-0.2, 0) is 4.79 Å². The van der Waals surface area contributed by atoms with Crippen LogP contribution in [0.2, 0.25) is 5.02 Å². The van der Waals surface area contributed by atoms with Gasteiger partial charge >= 0.3 is 0 Å². The number of carbonyl (C=O) groups is 1. The van der Waals surface area contributed by atoms with Crippen LogP contribution in [0.4, 0.5) is 5.69 Å². The lowest BCUT2D eigenvalue weighted by molar-refractivity contribution is -0.121. The third-order valence-corrected chi connectivity index (χ3v) is 4.54. The number of hydrogen-bond acceptors (Lipinski definition) is 4. The first-order valence-corrected chi connectivity index (χ1v) is 8.03. The molecule has 0 aromatic heterocycles. The van der Waals surface area contributed by atoms with Gasteiger partial charge in [0.2, 0.25) is 0 Å². The predicted octanol–water partition coefficient (Wildman–Crippen LogP) is 4.28. The number of phenolic OH excluding ortho intramolecular Hbond substituents is 1. The zero-order valence-corrected chi connectivity index (χ0v) is 13.8. The van der Waals surface area contributed by atoms with Gasteiger partial charge in [0.25, 0.3) is 5.91 Å². The summed E-state index contributed by atoms with van der Waals surface area (Å²) in [5.74, 6) is 0.0456. The van der Waals surface area contributed by atoms with Crippen molar-refractivity contribution in [3.05, 3.63) is 64.0 Å². The summed E-state index contributed by atoms with van der Waals surface area (Å²) in [6.07, 6.45) is 1.74. The van der Waals surface area contributed by atoms with Crippen molar-refractivity contribution in [2.24, 2.45) is 4.99 Å². The lowest BCUT2D eigenvalue weighted by Crippen LogP contribution is -2.23. The van der Waals surface area contributed by atoms with Crippen molar-refractivity contribution >= 4 is 46.2 Å². The second-order valence-electron chi connectivity index (χ2n) is 4.94. The van der Waals surface area contributed by atoms with Gasteiger partial charge in [0.1, 0.15) is 5.75 Å². The third kappa shape index (κ3) is 3.57. The van der Waals surface area contributed by atoms with Crippen molar-refractivity contribution in [3.63, 3.8) is 0 Å². The highest BCUT2D eigenvalue weighted by atomic mass is 35.5. The fraction of sp³-hybridized carbons (Fsp3) is 0.0588. The van der Waals surface area contributed by atoms with E-state index >= 15 is 0 Å². The number of rotatable bonds is 2. The van der Waals surface area contributed by atoms with Gasteiger partial charge in [0.05, 0.1) is 10.6 Å². The number of phenols is 1. The van der Waals surface area contributed by atoms with E-state index in [0.29, 0.717) is 15.1 Å². The van der Waals surface area contributed by atoms with Gasteiger partial charge in [-0.1, -0.05) is 23.7 Å². The van der Waals surface area contributed by atoms with Crippen LogP contribution in [0.25, 0.3) is 6.08 Å². The van der Waals surface area contributed by atoms with Crippen LogP contribution in [-0.4, -0.2) is 28.1 Å². The summed E-state index contributed by atoms with van der Waals surface area (Å²) in [6.45, 7) is 0. The number of aliphatic imine (C=N–C) groups is 1. The largest absolute Gasteiger partial charge is 0.508 e. The van der Waals surface area contributed by atoms with Gasteiger partial charge in [-0.3, -0.25) is 9.69 Å². The van der Waals surface area contributed by atoms with E-state index in [4.69, 9.17) is 11.6 Å². The highest BCUT2D eigenvalue weighted by molar-refractivity contribution is 8.18. The van der Waals surface area contributed by atoms with Gasteiger partial charge in [-0.05, 0) is 59.8 Å². The van der Waals surface area contributed by atoms with Gasteiger partial charge in [0, 0.05) is 12.1 Å². The van der Waals surface area contributed by atoms with E-state index in [2.05, 4.69) is 4.99 Å². The van der Waals surface area contributed by atoms with Gasteiger partial charge in [-0.15, -0.1) is 0 Å². The SMILES string of the molecule is CN1C(=O)/C(=C\c2cccc(O)c2)SC1=Nc1ccc(Cl)cc1. The summed E-state index contributed by atoms with van der Waals surface area (Å²) in [6, 6.07) is 13.9. The van der Waals surface area contributed by atoms with Crippen molar-refractivity contribution in [1.82, 2.24) is 4.90 Å². The minimum atomic E-state index is -0.119. The van der Waals surface area contributed by atoms with Crippen LogP contribution in [0.5, 0.6) is 5.75 Å². The van der Waals surface area contributed by atoms with Crippen molar-refractivity contribution in [1.29, 1.82) is 0 Å². The fourth-order valence-electron chi connectivity index (χ4n) is 2.04. The van der Waals surface area contributed by atoms with Crippen LogP contribution in [0, 0.1) is 0 Å². The quantitative estimate of drug-likeness (QED) is 0.827. The molecular weight excluding hydrogens is 332 g/mol. The Kier molecular flexibility index (Phi) is 4.41. The molecule has 1 fully saturated rings. The molecule has 0 spiro atoms. The number of carbonyl (C=O) groups excluding carboxylic acids is 1. The number of likely N-dealkylation sites (N-methyl/N-ethyl adjacent to an activating group) is 1. The van der Waals surface area contributed by atoms with Gasteiger partial charge in [-0.2, -0.15) is 0 Å². The van der Waals surface area contributed by atoms with E-state index in [0.717, 1.165) is 11.3 Å². The first kappa shape index (κ1) is 15.6. The highest BCUT2D eigenvalue weighted by Crippen LogP contribution is 2.33. The molecule has 0 atom stereocenters. The number of nitrogens with zero attached hydrogens (tertiary/aromatic N) is 2. The molecule has 4 nitrogen and oxygen atoms in total. The van der Waals surface area contributed by atoms with Gasteiger partial charge < -0.3 is 5.11 Å². The first-order valence-electron chi connectivity index (χ1n) is 6.84. The average Bonchev–Trinajstić information content (AvgIpc) is 2.78. The van der Waals surface area contributed by atoms with Crippen LogP contribution < -0.4 is 0 Å². The summed E-state index contributed by atoms with van der Waals surface area (Å²) in [4.78, 5) is 18.9. The Balaban J connectivity index is 1.89. The summed E-state index contributed by atoms with van der Waals surface area (Å²) < 4.78 is 0. The number of thioether (sulfide) groups is 1. The van der Waals surface area contributed by atoms with Crippen LogP contribution in [0.15, 0.2) is 58.4 Å². The van der Waals surface area contributed by atoms with E-state index < -0.39 is 0 Å². The number of amides is 1. The van der Waals surface area contributed by atoms with E-state index in [1.165, 1.54) is 16.7 Å². The van der Waals surface area contributed by atoms with Crippen LogP contribution >= 0.6 is 23.4 Å². The van der Waals surface area contributed by atoms with Crippen molar-refractivity contribution in [3.8, 4) is 5.75 Å². The zero-order chi connectivity index (χ0) is 16.4. The molecule has 0 unspecified atom stereocenters. The Labute approximate surface area is 143 Å². The number of halogens is 1. The molecule has 1 amide bonds. The number of hydrogen-bond donors (Lipinski definition) is 1. The lowest BCUT2D eigenvalue weighted by atomic mass is 10.2. The molecule has 0 aliphatic carbocycles. The average molecular weight is 345 g/mol. The van der Waals surface area contributed by atoms with Gasteiger partial charge in [0.15, 0.2) is 5.17 Å². The smallest absolute Gasteiger partial charge is 0.266 e. The van der Waals surface area contributed by atoms with Crippen molar-refractivity contribution in [2.45, 2.75) is 0 Å². The minimum Gasteiger partial charge on any atom is -0.508 e. The molecule has 0 radical (unpaired) electrons. The number of aromatic hydroxyl groups is 1. The molecule has 0 bridgehead atoms.